The Labute approximate surface area is 98.8 Å². The number of methoxy groups -OCH3 is 1. The Morgan fingerprint density at radius 3 is 3.07 bits per heavy atom. The van der Waals surface area contributed by atoms with Gasteiger partial charge in [-0.25, -0.2) is 0 Å². The van der Waals surface area contributed by atoms with E-state index in [1.54, 1.807) is 7.11 Å². The van der Waals surface area contributed by atoms with Crippen LogP contribution in [0.5, 0.6) is 0 Å². The fourth-order valence-electron chi connectivity index (χ4n) is 1.61. The van der Waals surface area contributed by atoms with Crippen molar-refractivity contribution in [1.29, 1.82) is 0 Å². The molecule has 1 aliphatic heterocycles. The number of amides is 1. The van der Waals surface area contributed by atoms with E-state index < -0.39 is 0 Å². The Hall–Kier alpha value is -0.130. The van der Waals surface area contributed by atoms with E-state index in [1.807, 2.05) is 0 Å². The van der Waals surface area contributed by atoms with Gasteiger partial charge in [0.05, 0.1) is 12.6 Å². The maximum Gasteiger partial charge on any atom is 0.249 e. The van der Waals surface area contributed by atoms with Crippen molar-refractivity contribution >= 4 is 21.8 Å². The number of nitrogens with one attached hydrogen (secondary N) is 1. The first kappa shape index (κ1) is 12.9. The molecule has 0 aliphatic carbocycles. The van der Waals surface area contributed by atoms with Gasteiger partial charge in [0.15, 0.2) is 0 Å². The highest BCUT2D eigenvalue weighted by Crippen LogP contribution is 2.12. The molecule has 1 N–H and O–H groups in total. The van der Waals surface area contributed by atoms with Crippen molar-refractivity contribution in [2.75, 3.05) is 25.7 Å². The smallest absolute Gasteiger partial charge is 0.249 e. The molecule has 0 aromatic heterocycles. The van der Waals surface area contributed by atoms with Crippen LogP contribution in [-0.4, -0.2) is 43.7 Å². The van der Waals surface area contributed by atoms with Gasteiger partial charge < -0.3 is 14.8 Å². The van der Waals surface area contributed by atoms with Gasteiger partial charge in [-0.05, 0) is 19.3 Å². The minimum atomic E-state index is -0.250. The van der Waals surface area contributed by atoms with Gasteiger partial charge in [-0.2, -0.15) is 0 Å². The first-order valence-electron chi connectivity index (χ1n) is 5.24. The second-order valence-corrected chi connectivity index (χ2v) is 4.43. The summed E-state index contributed by atoms with van der Waals surface area (Å²) in [7, 11) is 1.64. The van der Waals surface area contributed by atoms with Crippen LogP contribution in [0.4, 0.5) is 0 Å². The Bertz CT molecular complexity index is 189. The summed E-state index contributed by atoms with van der Waals surface area (Å²) in [5, 5.41) is 3.80. The van der Waals surface area contributed by atoms with Gasteiger partial charge in [-0.3, -0.25) is 4.79 Å². The summed E-state index contributed by atoms with van der Waals surface area (Å²) in [6.07, 6.45) is 2.43. The van der Waals surface area contributed by atoms with E-state index >= 15 is 0 Å². The Kier molecular flexibility index (Phi) is 6.20. The van der Waals surface area contributed by atoms with Crippen molar-refractivity contribution in [3.63, 3.8) is 0 Å². The molecule has 1 aliphatic rings. The number of hydrogen-bond donors (Lipinski definition) is 1. The van der Waals surface area contributed by atoms with Crippen LogP contribution in [0.15, 0.2) is 0 Å². The first-order valence-corrected chi connectivity index (χ1v) is 6.37. The zero-order chi connectivity index (χ0) is 11.1. The highest BCUT2D eigenvalue weighted by molar-refractivity contribution is 9.09. The molecule has 1 saturated heterocycles. The summed E-state index contributed by atoms with van der Waals surface area (Å²) < 4.78 is 10.4. The number of carbonyl (C=O) groups is 1. The average molecular weight is 280 g/mol. The number of hydrogen-bond acceptors (Lipinski definition) is 3. The van der Waals surface area contributed by atoms with Crippen LogP contribution < -0.4 is 5.32 Å². The number of alkyl halides is 1. The second kappa shape index (κ2) is 7.19. The van der Waals surface area contributed by atoms with E-state index in [-0.39, 0.29) is 18.1 Å². The third kappa shape index (κ3) is 4.49. The highest BCUT2D eigenvalue weighted by atomic mass is 79.9. The quantitative estimate of drug-likeness (QED) is 0.741. The van der Waals surface area contributed by atoms with E-state index in [9.17, 15) is 4.79 Å². The van der Waals surface area contributed by atoms with Gasteiger partial charge in [0.25, 0.3) is 0 Å². The highest BCUT2D eigenvalue weighted by Gasteiger charge is 2.25. The molecule has 88 valence electrons. The normalized spacial score (nSPS) is 22.7. The Balaban J connectivity index is 2.31. The summed E-state index contributed by atoms with van der Waals surface area (Å²) >= 11 is 3.36. The Morgan fingerprint density at radius 1 is 1.73 bits per heavy atom. The number of rotatable bonds is 6. The van der Waals surface area contributed by atoms with Crippen molar-refractivity contribution in [2.45, 2.75) is 31.4 Å². The van der Waals surface area contributed by atoms with E-state index in [2.05, 4.69) is 21.2 Å². The van der Waals surface area contributed by atoms with Crippen molar-refractivity contribution in [1.82, 2.24) is 5.32 Å². The molecule has 1 amide bonds. The van der Waals surface area contributed by atoms with Crippen LogP contribution in [0, 0.1) is 0 Å². The van der Waals surface area contributed by atoms with Gasteiger partial charge in [-0.15, -0.1) is 0 Å². The van der Waals surface area contributed by atoms with Crippen LogP contribution in [0.2, 0.25) is 0 Å². The fourth-order valence-corrected chi connectivity index (χ4v) is 2.16. The molecule has 0 spiro atoms. The molecule has 0 bridgehead atoms. The second-order valence-electron chi connectivity index (χ2n) is 3.64. The number of halogens is 1. The lowest BCUT2D eigenvalue weighted by atomic mass is 10.2. The van der Waals surface area contributed by atoms with Gasteiger partial charge in [0.1, 0.15) is 6.10 Å². The predicted octanol–water partition coefficient (Wildman–Crippen LogP) is 1.08. The summed E-state index contributed by atoms with van der Waals surface area (Å²) in [5.74, 6) is -0.00417. The third-order valence-corrected chi connectivity index (χ3v) is 2.85. The molecule has 15 heavy (non-hydrogen) atoms. The number of carbonyl (C=O) groups excluding carboxylic acids is 1. The lowest BCUT2D eigenvalue weighted by Crippen LogP contribution is -2.43. The van der Waals surface area contributed by atoms with Crippen molar-refractivity contribution in [2.24, 2.45) is 0 Å². The van der Waals surface area contributed by atoms with E-state index in [0.717, 1.165) is 24.6 Å². The molecule has 0 aromatic rings. The maximum atomic E-state index is 11.7. The SMILES string of the molecule is COCC(CCBr)NC(=O)C1CCCO1. The fraction of sp³-hybridized carbons (Fsp3) is 0.900. The standard InChI is InChI=1S/C10H18BrNO3/c1-14-7-8(4-5-11)12-10(13)9-3-2-6-15-9/h8-9H,2-7H2,1H3,(H,12,13). The van der Waals surface area contributed by atoms with E-state index in [1.165, 1.54) is 0 Å². The molecule has 0 radical (unpaired) electrons. The molecular weight excluding hydrogens is 262 g/mol. The van der Waals surface area contributed by atoms with Gasteiger partial charge in [0.2, 0.25) is 5.91 Å². The molecule has 1 rings (SSSR count). The minimum Gasteiger partial charge on any atom is -0.383 e. The van der Waals surface area contributed by atoms with Gasteiger partial charge >= 0.3 is 0 Å². The lowest BCUT2D eigenvalue weighted by molar-refractivity contribution is -0.131. The molecule has 4 nitrogen and oxygen atoms in total. The van der Waals surface area contributed by atoms with Gasteiger partial charge in [0, 0.05) is 19.0 Å². The van der Waals surface area contributed by atoms with Crippen molar-refractivity contribution in [3.8, 4) is 0 Å². The molecule has 1 heterocycles. The molecule has 5 heteroatoms. The molecule has 2 atom stereocenters. The monoisotopic (exact) mass is 279 g/mol. The van der Waals surface area contributed by atoms with Crippen LogP contribution in [0.25, 0.3) is 0 Å². The van der Waals surface area contributed by atoms with Gasteiger partial charge in [-0.1, -0.05) is 15.9 Å². The third-order valence-electron chi connectivity index (χ3n) is 2.39. The van der Waals surface area contributed by atoms with Crippen molar-refractivity contribution < 1.29 is 14.3 Å². The topological polar surface area (TPSA) is 47.6 Å². The lowest BCUT2D eigenvalue weighted by Gasteiger charge is -2.19. The molecule has 2 unspecified atom stereocenters. The molecule has 0 saturated carbocycles. The summed E-state index contributed by atoms with van der Waals surface area (Å²) in [6.45, 7) is 1.25. The zero-order valence-corrected chi connectivity index (χ0v) is 10.6. The molecule has 0 aromatic carbocycles. The van der Waals surface area contributed by atoms with Crippen LogP contribution in [0.3, 0.4) is 0 Å². The Morgan fingerprint density at radius 2 is 2.53 bits per heavy atom. The zero-order valence-electron chi connectivity index (χ0n) is 9.00. The maximum absolute atomic E-state index is 11.7. The minimum absolute atomic E-state index is 0.00417. The van der Waals surface area contributed by atoms with Crippen molar-refractivity contribution in [3.05, 3.63) is 0 Å². The number of ether oxygens (including phenoxy) is 2. The average Bonchev–Trinajstić information content (AvgIpc) is 2.71. The van der Waals surface area contributed by atoms with Crippen LogP contribution in [-0.2, 0) is 14.3 Å². The predicted molar refractivity (Wildman–Crippen MR) is 61.2 cm³/mol. The molecular formula is C10H18BrNO3. The largest absolute Gasteiger partial charge is 0.383 e. The summed E-state index contributed by atoms with van der Waals surface area (Å²) in [6, 6.07) is 0.0751. The molecule has 1 fully saturated rings. The summed E-state index contributed by atoms with van der Waals surface area (Å²) in [5.41, 5.74) is 0. The first-order chi connectivity index (χ1) is 7.27. The van der Waals surface area contributed by atoms with E-state index in [4.69, 9.17) is 9.47 Å². The summed E-state index contributed by atoms with van der Waals surface area (Å²) in [4.78, 5) is 11.7. The van der Waals surface area contributed by atoms with Crippen LogP contribution >= 0.6 is 15.9 Å². The van der Waals surface area contributed by atoms with E-state index in [0.29, 0.717) is 13.2 Å². The van der Waals surface area contributed by atoms with Crippen LogP contribution in [0.1, 0.15) is 19.3 Å².